The van der Waals surface area contributed by atoms with Gasteiger partial charge in [0.05, 0.1) is 11.4 Å². The average molecular weight is 375 g/mol. The first kappa shape index (κ1) is 18.0. The van der Waals surface area contributed by atoms with Crippen LogP contribution in [-0.2, 0) is 12.8 Å². The van der Waals surface area contributed by atoms with Gasteiger partial charge in [-0.25, -0.2) is 9.36 Å². The van der Waals surface area contributed by atoms with Crippen LogP contribution in [0.2, 0.25) is 0 Å². The van der Waals surface area contributed by atoms with Gasteiger partial charge >= 0.3 is 5.69 Å². The van der Waals surface area contributed by atoms with Crippen LogP contribution in [0.5, 0.6) is 5.88 Å². The first-order chi connectivity index (χ1) is 13.4. The number of aromatic nitrogens is 2. The van der Waals surface area contributed by atoms with Crippen LogP contribution in [0, 0.1) is 13.8 Å². The van der Waals surface area contributed by atoms with Gasteiger partial charge in [0.2, 0.25) is 5.88 Å². The normalized spacial score (nSPS) is 13.2. The van der Waals surface area contributed by atoms with E-state index in [4.69, 9.17) is 0 Å². The summed E-state index contributed by atoms with van der Waals surface area (Å²) in [5.41, 5.74) is 4.42. The molecule has 2 N–H and O–H groups in total. The molecule has 0 aliphatic heterocycles. The summed E-state index contributed by atoms with van der Waals surface area (Å²) in [5, 5.41) is 10.6. The van der Waals surface area contributed by atoms with Crippen molar-refractivity contribution in [3.8, 4) is 11.6 Å². The second-order valence-electron chi connectivity index (χ2n) is 7.17. The van der Waals surface area contributed by atoms with E-state index in [0.29, 0.717) is 11.4 Å². The summed E-state index contributed by atoms with van der Waals surface area (Å²) in [6, 6.07) is 11.3. The molecule has 6 nitrogen and oxygen atoms in total. The summed E-state index contributed by atoms with van der Waals surface area (Å²) in [7, 11) is 0. The minimum atomic E-state index is -0.694. The topological polar surface area (TPSA) is 87.4 Å². The number of H-pyrrole nitrogens is 1. The predicted molar refractivity (Wildman–Crippen MR) is 110 cm³/mol. The van der Waals surface area contributed by atoms with Crippen molar-refractivity contribution in [1.29, 1.82) is 0 Å². The lowest BCUT2D eigenvalue weighted by molar-refractivity contribution is 0.430. The van der Waals surface area contributed by atoms with Gasteiger partial charge in [0, 0.05) is 6.21 Å². The van der Waals surface area contributed by atoms with E-state index in [2.05, 4.69) is 16.0 Å². The van der Waals surface area contributed by atoms with Crippen LogP contribution in [0.25, 0.3) is 5.69 Å². The highest BCUT2D eigenvalue weighted by Crippen LogP contribution is 2.26. The van der Waals surface area contributed by atoms with Crippen LogP contribution in [0.4, 0.5) is 5.69 Å². The predicted octanol–water partition coefficient (Wildman–Crippen LogP) is 3.09. The molecule has 0 saturated heterocycles. The van der Waals surface area contributed by atoms with Crippen LogP contribution < -0.4 is 11.2 Å². The maximum atomic E-state index is 12.3. The zero-order valence-corrected chi connectivity index (χ0v) is 15.8. The molecule has 1 aliphatic carbocycles. The van der Waals surface area contributed by atoms with E-state index in [-0.39, 0.29) is 5.56 Å². The molecule has 0 saturated carbocycles. The SMILES string of the molecule is Cc1ccc(-n2c(O)c(C=Nc3ccc4c(c3)CCC4)c(=O)[nH]c2=O)cc1C. The van der Waals surface area contributed by atoms with Gasteiger partial charge in [0.1, 0.15) is 5.56 Å². The Morgan fingerprint density at radius 1 is 1.04 bits per heavy atom. The third-order valence-electron chi connectivity index (χ3n) is 5.29. The van der Waals surface area contributed by atoms with Gasteiger partial charge in [-0.05, 0) is 79.6 Å². The van der Waals surface area contributed by atoms with Gasteiger partial charge in [0.15, 0.2) is 0 Å². The Hall–Kier alpha value is -3.41. The highest BCUT2D eigenvalue weighted by Gasteiger charge is 2.15. The number of aryl methyl sites for hydroxylation is 4. The van der Waals surface area contributed by atoms with E-state index in [1.165, 1.54) is 17.3 Å². The Balaban J connectivity index is 1.78. The number of fused-ring (bicyclic) bond motifs is 1. The number of nitrogens with one attached hydrogen (secondary N) is 1. The maximum absolute atomic E-state index is 12.3. The molecule has 142 valence electrons. The van der Waals surface area contributed by atoms with Crippen LogP contribution >= 0.6 is 0 Å². The van der Waals surface area contributed by atoms with Gasteiger partial charge in [-0.3, -0.25) is 14.8 Å². The Kier molecular flexibility index (Phi) is 4.47. The minimum absolute atomic E-state index is 0.0571. The maximum Gasteiger partial charge on any atom is 0.335 e. The molecule has 6 heteroatoms. The Bertz CT molecular complexity index is 1220. The summed E-state index contributed by atoms with van der Waals surface area (Å²) in [6.07, 6.45) is 4.56. The zero-order chi connectivity index (χ0) is 19.8. The third-order valence-corrected chi connectivity index (χ3v) is 5.29. The fourth-order valence-corrected chi connectivity index (χ4v) is 3.54. The van der Waals surface area contributed by atoms with Gasteiger partial charge in [-0.15, -0.1) is 0 Å². The smallest absolute Gasteiger partial charge is 0.335 e. The molecule has 2 aromatic carbocycles. The van der Waals surface area contributed by atoms with Gasteiger partial charge in [0.25, 0.3) is 5.56 Å². The summed E-state index contributed by atoms with van der Waals surface area (Å²) >= 11 is 0. The van der Waals surface area contributed by atoms with E-state index in [9.17, 15) is 14.7 Å². The number of hydrogen-bond acceptors (Lipinski definition) is 4. The van der Waals surface area contributed by atoms with Crippen molar-refractivity contribution in [2.45, 2.75) is 33.1 Å². The molecule has 0 spiro atoms. The lowest BCUT2D eigenvalue weighted by atomic mass is 10.1. The van der Waals surface area contributed by atoms with Crippen LogP contribution in [0.3, 0.4) is 0 Å². The Labute approximate surface area is 161 Å². The molecule has 0 fully saturated rings. The zero-order valence-electron chi connectivity index (χ0n) is 15.8. The molecule has 1 aromatic heterocycles. The number of hydrogen-bond donors (Lipinski definition) is 2. The summed E-state index contributed by atoms with van der Waals surface area (Å²) in [5.74, 6) is -0.429. The number of nitrogens with zero attached hydrogens (tertiary/aromatic N) is 2. The lowest BCUT2D eigenvalue weighted by Crippen LogP contribution is -2.31. The first-order valence-electron chi connectivity index (χ1n) is 9.26. The van der Waals surface area contributed by atoms with Crippen LogP contribution in [0.15, 0.2) is 51.0 Å². The molecule has 0 unspecified atom stereocenters. The molecule has 3 aromatic rings. The molecule has 0 bridgehead atoms. The van der Waals surface area contributed by atoms with Crippen molar-refractivity contribution in [2.75, 3.05) is 0 Å². The van der Waals surface area contributed by atoms with E-state index < -0.39 is 17.1 Å². The number of aromatic hydroxyl groups is 1. The fourth-order valence-electron chi connectivity index (χ4n) is 3.54. The van der Waals surface area contributed by atoms with Crippen molar-refractivity contribution in [1.82, 2.24) is 9.55 Å². The van der Waals surface area contributed by atoms with Gasteiger partial charge < -0.3 is 5.11 Å². The Morgan fingerprint density at radius 2 is 1.82 bits per heavy atom. The largest absolute Gasteiger partial charge is 0.493 e. The van der Waals surface area contributed by atoms with Crippen molar-refractivity contribution < 1.29 is 5.11 Å². The first-order valence-corrected chi connectivity index (χ1v) is 9.26. The number of aliphatic imine (C=N–C) groups is 1. The summed E-state index contributed by atoms with van der Waals surface area (Å²) in [6.45, 7) is 3.88. The summed E-state index contributed by atoms with van der Waals surface area (Å²) in [4.78, 5) is 31.2. The molecule has 0 atom stereocenters. The van der Waals surface area contributed by atoms with Crippen LogP contribution in [0.1, 0.15) is 34.2 Å². The van der Waals surface area contributed by atoms with Crippen LogP contribution in [-0.4, -0.2) is 20.9 Å². The van der Waals surface area contributed by atoms with E-state index >= 15 is 0 Å². The molecular weight excluding hydrogens is 354 g/mol. The quantitative estimate of drug-likeness (QED) is 0.690. The fraction of sp³-hybridized carbons (Fsp3) is 0.227. The second kappa shape index (κ2) is 6.96. The third kappa shape index (κ3) is 3.17. The highest BCUT2D eigenvalue weighted by molar-refractivity contribution is 5.84. The molecule has 28 heavy (non-hydrogen) atoms. The molecule has 0 radical (unpaired) electrons. The molecule has 4 rings (SSSR count). The molecular formula is C22H21N3O3. The Morgan fingerprint density at radius 3 is 2.61 bits per heavy atom. The molecule has 1 heterocycles. The highest BCUT2D eigenvalue weighted by atomic mass is 16.3. The monoisotopic (exact) mass is 375 g/mol. The number of rotatable bonds is 3. The average Bonchev–Trinajstić information content (AvgIpc) is 3.12. The molecule has 1 aliphatic rings. The van der Waals surface area contributed by atoms with E-state index in [1.807, 2.05) is 32.0 Å². The van der Waals surface area contributed by atoms with Crippen molar-refractivity contribution in [3.63, 3.8) is 0 Å². The van der Waals surface area contributed by atoms with E-state index in [0.717, 1.165) is 35.0 Å². The van der Waals surface area contributed by atoms with Crippen molar-refractivity contribution in [3.05, 3.63) is 85.1 Å². The summed E-state index contributed by atoms with van der Waals surface area (Å²) < 4.78 is 1.08. The van der Waals surface area contributed by atoms with E-state index in [1.54, 1.807) is 12.1 Å². The van der Waals surface area contributed by atoms with Crippen molar-refractivity contribution >= 4 is 11.9 Å². The van der Waals surface area contributed by atoms with Gasteiger partial charge in [-0.1, -0.05) is 12.1 Å². The second-order valence-corrected chi connectivity index (χ2v) is 7.17. The van der Waals surface area contributed by atoms with Crippen molar-refractivity contribution in [2.24, 2.45) is 4.99 Å². The lowest BCUT2D eigenvalue weighted by Gasteiger charge is -2.11. The molecule has 0 amide bonds. The number of aromatic amines is 1. The number of benzene rings is 2. The van der Waals surface area contributed by atoms with Gasteiger partial charge in [-0.2, -0.15) is 0 Å². The standard InChI is InChI=1S/C22H21N3O3/c1-13-6-9-18(10-14(13)2)25-21(27)19(20(26)24-22(25)28)12-23-17-8-7-15-4-3-5-16(15)11-17/h6-12,27H,3-5H2,1-2H3,(H,24,26,28). The minimum Gasteiger partial charge on any atom is -0.493 e.